The van der Waals surface area contributed by atoms with Crippen molar-refractivity contribution in [3.8, 4) is 5.75 Å². The molecule has 0 aliphatic heterocycles. The monoisotopic (exact) mass is 487 g/mol. The van der Waals surface area contributed by atoms with Crippen LogP contribution in [0.3, 0.4) is 0 Å². The van der Waals surface area contributed by atoms with Crippen LogP contribution in [0.25, 0.3) is 5.76 Å². The fraction of sp³-hybridized carbons (Fsp3) is 0.417. The van der Waals surface area contributed by atoms with Crippen molar-refractivity contribution in [3.05, 3.63) is 39.7 Å². The van der Waals surface area contributed by atoms with E-state index in [0.29, 0.717) is 0 Å². The number of aliphatic hydroxyl groups is 3. The zero-order chi connectivity index (χ0) is 25.4. The lowest BCUT2D eigenvalue weighted by molar-refractivity contribution is -0.153. The van der Waals surface area contributed by atoms with Gasteiger partial charge in [-0.3, -0.25) is 24.1 Å². The molecule has 0 saturated heterocycles. The van der Waals surface area contributed by atoms with Gasteiger partial charge in [0.1, 0.15) is 22.8 Å². The van der Waals surface area contributed by atoms with Crippen LogP contribution in [0.4, 0.5) is 5.69 Å². The van der Waals surface area contributed by atoms with E-state index >= 15 is 0 Å². The average Bonchev–Trinajstić information content (AvgIpc) is 2.72. The number of anilines is 1. The van der Waals surface area contributed by atoms with Crippen LogP contribution in [-0.2, 0) is 20.8 Å². The fourth-order valence-electron chi connectivity index (χ4n) is 5.65. The number of fused-ring (bicyclic) bond motifs is 3. The molecule has 1 aromatic carbocycles. The summed E-state index contributed by atoms with van der Waals surface area (Å²) in [6.45, 7) is 1.29. The molecular formula is C24H29N3O8. The Balaban J connectivity index is 0.00000342. The second-order valence-electron chi connectivity index (χ2n) is 9.23. The van der Waals surface area contributed by atoms with Gasteiger partial charge in [0.05, 0.1) is 17.3 Å². The molecule has 8 N–H and O–H groups in total. The minimum Gasteiger partial charge on any atom is -0.508 e. The molecule has 0 radical (unpaired) electrons. The summed E-state index contributed by atoms with van der Waals surface area (Å²) < 4.78 is 0. The normalized spacial score (nSPS) is 27.7. The predicted octanol–water partition coefficient (Wildman–Crippen LogP) is 0.385. The Morgan fingerprint density at radius 2 is 1.77 bits per heavy atom. The first-order valence-electron chi connectivity index (χ1n) is 10.5. The molecule has 188 valence electrons. The Kier molecular flexibility index (Phi) is 6.08. The lowest BCUT2D eigenvalue weighted by atomic mass is 9.57. The van der Waals surface area contributed by atoms with Gasteiger partial charge >= 0.3 is 0 Å². The summed E-state index contributed by atoms with van der Waals surface area (Å²) in [7, 11) is 3.03. The first-order valence-corrected chi connectivity index (χ1v) is 10.5. The molecule has 1 saturated carbocycles. The number of aliphatic hydroxyl groups excluding tert-OH is 2. The Morgan fingerprint density at radius 1 is 1.17 bits per heavy atom. The molecule has 3 aliphatic carbocycles. The number of Topliss-reactive ketones (excluding diaryl/α,β-unsaturated/α-hetero) is 3. The Bertz CT molecular complexity index is 1260. The number of phenols is 1. The third-order valence-electron chi connectivity index (χ3n) is 7.13. The van der Waals surface area contributed by atoms with Crippen LogP contribution in [0.5, 0.6) is 5.75 Å². The van der Waals surface area contributed by atoms with Crippen LogP contribution >= 0.6 is 0 Å². The van der Waals surface area contributed by atoms with Gasteiger partial charge in [0, 0.05) is 17.1 Å². The van der Waals surface area contributed by atoms with Crippen LogP contribution in [0, 0.1) is 11.8 Å². The highest BCUT2D eigenvalue weighted by atomic mass is 16.3. The molecule has 11 heteroatoms. The van der Waals surface area contributed by atoms with E-state index in [1.165, 1.54) is 32.0 Å². The van der Waals surface area contributed by atoms with Gasteiger partial charge in [0.2, 0.25) is 5.78 Å². The molecule has 1 amide bonds. The van der Waals surface area contributed by atoms with Gasteiger partial charge in [0.15, 0.2) is 17.2 Å². The lowest BCUT2D eigenvalue weighted by Gasteiger charge is -2.50. The lowest BCUT2D eigenvalue weighted by Crippen LogP contribution is -2.65. The molecule has 0 spiro atoms. The molecule has 1 aromatic rings. The number of hydrogen-bond acceptors (Lipinski definition) is 10. The number of aromatic hydroxyl groups is 1. The van der Waals surface area contributed by atoms with E-state index in [1.807, 2.05) is 0 Å². The summed E-state index contributed by atoms with van der Waals surface area (Å²) in [5.74, 6) is -7.97. The van der Waals surface area contributed by atoms with Crippen molar-refractivity contribution in [2.24, 2.45) is 17.6 Å². The number of carbonyl (C=O) groups excluding carboxylic acids is 4. The highest BCUT2D eigenvalue weighted by molar-refractivity contribution is 6.24. The molecule has 1 fully saturated rings. The number of benzene rings is 1. The number of nitrogens with two attached hydrogens (primary N) is 2. The maximum absolute atomic E-state index is 13.7. The number of hydrogen-bond donors (Lipinski definition) is 6. The molecule has 3 aliphatic rings. The minimum atomic E-state index is -2.72. The standard InChI is InChI=1S/C23H25N3O8.CH4/c1-7(27)9-6-12(24)17(28)14-10(9)4-8-5-11-16(26(2)3)19(30)15(22(25)33)21(32)23(11,34)20(31)13(8)18(14)29;/h6,8,11,16,28-29,32,34H,4-5,24H2,1-3H3,(H2,25,33);1H4/t8-,11-,16-,23-;/m0./s1. The number of phenolic OH excluding ortho intramolecular Hbond substituents is 1. The van der Waals surface area contributed by atoms with E-state index < -0.39 is 63.8 Å². The SMILES string of the molecule is C.CC(=O)c1cc(N)c(O)c2c1C[C@H]1C[C@H]3[C@H](N(C)C)C(=O)C(C(N)=O)=C(O)[C@@]3(O)C(=O)C1=C2O. The van der Waals surface area contributed by atoms with Gasteiger partial charge in [-0.1, -0.05) is 7.43 Å². The molecule has 0 unspecified atom stereocenters. The van der Waals surface area contributed by atoms with Crippen molar-refractivity contribution in [3.63, 3.8) is 0 Å². The van der Waals surface area contributed by atoms with Crippen LogP contribution in [0.15, 0.2) is 23.0 Å². The summed E-state index contributed by atoms with van der Waals surface area (Å²) in [5.41, 5.74) is 7.23. The van der Waals surface area contributed by atoms with E-state index in [0.717, 1.165) is 0 Å². The topological polar surface area (TPSA) is 204 Å². The molecule has 4 atom stereocenters. The molecule has 0 bridgehead atoms. The highest BCUT2D eigenvalue weighted by Gasteiger charge is 2.64. The summed E-state index contributed by atoms with van der Waals surface area (Å²) >= 11 is 0. The number of carbonyl (C=O) groups is 4. The van der Waals surface area contributed by atoms with Crippen molar-refractivity contribution in [2.75, 3.05) is 19.8 Å². The quantitative estimate of drug-likeness (QED) is 0.150. The third-order valence-corrected chi connectivity index (χ3v) is 7.13. The smallest absolute Gasteiger partial charge is 0.255 e. The van der Waals surface area contributed by atoms with E-state index in [1.54, 1.807) is 0 Å². The summed E-state index contributed by atoms with van der Waals surface area (Å²) in [6, 6.07) is 0.112. The number of ketones is 3. The van der Waals surface area contributed by atoms with Gasteiger partial charge < -0.3 is 31.9 Å². The van der Waals surface area contributed by atoms with E-state index in [-0.39, 0.29) is 54.0 Å². The first-order chi connectivity index (χ1) is 15.7. The van der Waals surface area contributed by atoms with E-state index in [9.17, 15) is 39.6 Å². The second kappa shape index (κ2) is 8.21. The second-order valence-corrected chi connectivity index (χ2v) is 9.23. The minimum absolute atomic E-state index is 0. The number of likely N-dealkylation sites (N-methyl/N-ethyl adjacent to an activating group) is 1. The van der Waals surface area contributed by atoms with Crippen LogP contribution in [0.1, 0.15) is 42.3 Å². The number of nitrogen functional groups attached to an aromatic ring is 1. The number of amides is 1. The summed E-state index contributed by atoms with van der Waals surface area (Å²) in [5, 5.41) is 43.9. The third kappa shape index (κ3) is 3.26. The van der Waals surface area contributed by atoms with Gasteiger partial charge in [-0.2, -0.15) is 0 Å². The largest absolute Gasteiger partial charge is 0.508 e. The highest BCUT2D eigenvalue weighted by Crippen LogP contribution is 2.53. The van der Waals surface area contributed by atoms with Crippen molar-refractivity contribution in [1.82, 2.24) is 4.90 Å². The van der Waals surface area contributed by atoms with Crippen molar-refractivity contribution in [1.29, 1.82) is 0 Å². The van der Waals surface area contributed by atoms with Crippen LogP contribution in [0.2, 0.25) is 0 Å². The van der Waals surface area contributed by atoms with Crippen molar-refractivity contribution < 1.29 is 39.6 Å². The van der Waals surface area contributed by atoms with Crippen LogP contribution < -0.4 is 11.5 Å². The van der Waals surface area contributed by atoms with Gasteiger partial charge in [-0.25, -0.2) is 0 Å². The van der Waals surface area contributed by atoms with E-state index in [2.05, 4.69) is 0 Å². The maximum atomic E-state index is 13.7. The van der Waals surface area contributed by atoms with Crippen molar-refractivity contribution in [2.45, 2.75) is 38.8 Å². The molecule has 0 heterocycles. The van der Waals surface area contributed by atoms with Crippen molar-refractivity contribution >= 4 is 34.7 Å². The number of nitrogens with zero attached hydrogens (tertiary/aromatic N) is 1. The Morgan fingerprint density at radius 3 is 2.29 bits per heavy atom. The fourth-order valence-corrected chi connectivity index (χ4v) is 5.65. The summed E-state index contributed by atoms with van der Waals surface area (Å²) in [4.78, 5) is 52.3. The summed E-state index contributed by atoms with van der Waals surface area (Å²) in [6.07, 6.45) is -0.0362. The Hall–Kier alpha value is -3.70. The zero-order valence-corrected chi connectivity index (χ0v) is 18.7. The van der Waals surface area contributed by atoms with Gasteiger partial charge in [0.25, 0.3) is 5.91 Å². The number of rotatable bonds is 3. The van der Waals surface area contributed by atoms with Gasteiger partial charge in [-0.15, -0.1) is 0 Å². The Labute approximate surface area is 201 Å². The van der Waals surface area contributed by atoms with E-state index in [4.69, 9.17) is 11.5 Å². The number of primary amides is 1. The first kappa shape index (κ1) is 25.9. The maximum Gasteiger partial charge on any atom is 0.255 e. The molecule has 0 aromatic heterocycles. The van der Waals surface area contributed by atoms with Crippen LogP contribution in [-0.4, -0.2) is 74.3 Å². The average molecular weight is 488 g/mol. The molecule has 35 heavy (non-hydrogen) atoms. The van der Waals surface area contributed by atoms with Gasteiger partial charge in [-0.05, 0) is 51.4 Å². The predicted molar refractivity (Wildman–Crippen MR) is 125 cm³/mol. The molecule has 4 rings (SSSR count). The zero-order valence-electron chi connectivity index (χ0n) is 18.7. The molecule has 11 nitrogen and oxygen atoms in total. The molecular weight excluding hydrogens is 458 g/mol.